The van der Waals surface area contributed by atoms with E-state index in [0.29, 0.717) is 4.31 Å². The standard InChI is InChI=1S/C16H19F6N3O4S/c1-14(2,3)29-13(26)24-6-8-25(9-7-24)30(27,28)10-4-5-11(15(17,18)19)23-12(10)16(20,21)22/h4-5H,6-9H2,1-3H3. The molecule has 0 unspecified atom stereocenters. The molecule has 0 aromatic carbocycles. The minimum atomic E-state index is -5.43. The number of ether oxygens (including phenoxy) is 1. The first kappa shape index (κ1) is 24.2. The second kappa shape index (κ2) is 7.87. The summed E-state index contributed by atoms with van der Waals surface area (Å²) in [5.74, 6) is 0. The molecule has 0 bridgehead atoms. The van der Waals surface area contributed by atoms with Crippen molar-refractivity contribution >= 4 is 16.1 Å². The Labute approximate surface area is 168 Å². The van der Waals surface area contributed by atoms with E-state index >= 15 is 0 Å². The van der Waals surface area contributed by atoms with E-state index in [9.17, 15) is 39.6 Å². The van der Waals surface area contributed by atoms with Crippen LogP contribution in [0.5, 0.6) is 0 Å². The fourth-order valence-electron chi connectivity index (χ4n) is 2.59. The molecule has 0 N–H and O–H groups in total. The first-order chi connectivity index (χ1) is 13.4. The Bertz CT molecular complexity index is 901. The fourth-order valence-corrected chi connectivity index (χ4v) is 4.16. The second-order valence-corrected chi connectivity index (χ2v) is 9.32. The van der Waals surface area contributed by atoms with Gasteiger partial charge in [0.15, 0.2) is 5.69 Å². The van der Waals surface area contributed by atoms with Crippen molar-refractivity contribution in [2.75, 3.05) is 26.2 Å². The third-order valence-corrected chi connectivity index (χ3v) is 5.86. The highest BCUT2D eigenvalue weighted by atomic mass is 32.2. The van der Waals surface area contributed by atoms with Gasteiger partial charge in [0, 0.05) is 26.2 Å². The maximum Gasteiger partial charge on any atom is 0.434 e. The molecule has 14 heteroatoms. The van der Waals surface area contributed by atoms with E-state index in [1.54, 1.807) is 20.8 Å². The number of aromatic nitrogens is 1. The Kier molecular flexibility index (Phi) is 6.34. The van der Waals surface area contributed by atoms with E-state index in [1.807, 2.05) is 0 Å². The SMILES string of the molecule is CC(C)(C)OC(=O)N1CCN(S(=O)(=O)c2ccc(C(F)(F)F)nc2C(F)(F)F)CC1. The van der Waals surface area contributed by atoms with Crippen molar-refractivity contribution in [2.24, 2.45) is 0 Å². The van der Waals surface area contributed by atoms with Crippen molar-refractivity contribution in [3.05, 3.63) is 23.5 Å². The molecule has 170 valence electrons. The van der Waals surface area contributed by atoms with Crippen molar-refractivity contribution < 1.29 is 44.3 Å². The third kappa shape index (κ3) is 5.53. The lowest BCUT2D eigenvalue weighted by Crippen LogP contribution is -2.51. The molecule has 30 heavy (non-hydrogen) atoms. The van der Waals surface area contributed by atoms with Crippen molar-refractivity contribution in [2.45, 2.75) is 43.6 Å². The Hall–Kier alpha value is -2.09. The summed E-state index contributed by atoms with van der Waals surface area (Å²) in [5.41, 5.74) is -4.80. The van der Waals surface area contributed by atoms with E-state index in [4.69, 9.17) is 4.74 Å². The van der Waals surface area contributed by atoms with Gasteiger partial charge >= 0.3 is 18.4 Å². The number of carbonyl (C=O) groups excluding carboxylic acids is 1. The molecule has 1 aromatic heterocycles. The summed E-state index contributed by atoms with van der Waals surface area (Å²) in [5, 5.41) is 0. The number of nitrogens with zero attached hydrogens (tertiary/aromatic N) is 3. The highest BCUT2D eigenvalue weighted by Gasteiger charge is 2.44. The molecular formula is C16H19F6N3O4S. The molecule has 1 fully saturated rings. The van der Waals surface area contributed by atoms with Gasteiger partial charge in [0.25, 0.3) is 0 Å². The monoisotopic (exact) mass is 463 g/mol. The number of hydrogen-bond donors (Lipinski definition) is 0. The molecule has 1 aliphatic rings. The second-order valence-electron chi connectivity index (χ2n) is 7.41. The van der Waals surface area contributed by atoms with E-state index in [-0.39, 0.29) is 38.3 Å². The topological polar surface area (TPSA) is 79.8 Å². The molecule has 1 amide bonds. The lowest BCUT2D eigenvalue weighted by atomic mass is 10.2. The average molecular weight is 463 g/mol. The van der Waals surface area contributed by atoms with Crippen LogP contribution in [0.25, 0.3) is 0 Å². The molecule has 1 aromatic rings. The van der Waals surface area contributed by atoms with E-state index in [1.165, 1.54) is 4.90 Å². The van der Waals surface area contributed by atoms with Gasteiger partial charge in [-0.15, -0.1) is 0 Å². The van der Waals surface area contributed by atoms with Crippen LogP contribution in [0.1, 0.15) is 32.2 Å². The van der Waals surface area contributed by atoms with Crippen molar-refractivity contribution in [3.63, 3.8) is 0 Å². The quantitative estimate of drug-likeness (QED) is 0.629. The van der Waals surface area contributed by atoms with E-state index in [2.05, 4.69) is 4.98 Å². The van der Waals surface area contributed by atoms with Crippen LogP contribution >= 0.6 is 0 Å². The minimum absolute atomic E-state index is 0.163. The summed E-state index contributed by atoms with van der Waals surface area (Å²) >= 11 is 0. The zero-order valence-electron chi connectivity index (χ0n) is 16.1. The van der Waals surface area contributed by atoms with Crippen LogP contribution in [0.3, 0.4) is 0 Å². The normalized spacial score (nSPS) is 17.2. The van der Waals surface area contributed by atoms with Gasteiger partial charge < -0.3 is 9.64 Å². The van der Waals surface area contributed by atoms with Gasteiger partial charge in [-0.25, -0.2) is 18.2 Å². The number of sulfonamides is 1. The Morgan fingerprint density at radius 3 is 1.93 bits per heavy atom. The van der Waals surface area contributed by atoms with Crippen LogP contribution in [0.2, 0.25) is 0 Å². The lowest BCUT2D eigenvalue weighted by Gasteiger charge is -2.35. The summed E-state index contributed by atoms with van der Waals surface area (Å²) in [6.45, 7) is 3.83. The molecule has 0 atom stereocenters. The summed E-state index contributed by atoms with van der Waals surface area (Å²) < 4.78 is 109. The van der Waals surface area contributed by atoms with Crippen LogP contribution in [-0.2, 0) is 27.1 Å². The molecule has 1 aliphatic heterocycles. The van der Waals surface area contributed by atoms with Gasteiger partial charge in [0.2, 0.25) is 10.0 Å². The Morgan fingerprint density at radius 1 is 0.967 bits per heavy atom. The Morgan fingerprint density at radius 2 is 1.50 bits per heavy atom. The molecule has 0 aliphatic carbocycles. The summed E-state index contributed by atoms with van der Waals surface area (Å²) in [7, 11) is -4.82. The summed E-state index contributed by atoms with van der Waals surface area (Å²) in [4.78, 5) is 14.4. The molecule has 2 rings (SSSR count). The van der Waals surface area contributed by atoms with Crippen molar-refractivity contribution in [1.82, 2.24) is 14.2 Å². The number of carbonyl (C=O) groups is 1. The molecular weight excluding hydrogens is 444 g/mol. The maximum atomic E-state index is 13.3. The van der Waals surface area contributed by atoms with Crippen LogP contribution in [0, 0.1) is 0 Å². The average Bonchev–Trinajstić information content (AvgIpc) is 2.58. The van der Waals surface area contributed by atoms with Gasteiger partial charge in [-0.1, -0.05) is 0 Å². The highest BCUT2D eigenvalue weighted by molar-refractivity contribution is 7.89. The zero-order valence-corrected chi connectivity index (χ0v) is 17.0. The van der Waals surface area contributed by atoms with Crippen LogP contribution < -0.4 is 0 Å². The van der Waals surface area contributed by atoms with Gasteiger partial charge in [-0.05, 0) is 32.9 Å². The number of amides is 1. The number of rotatable bonds is 2. The largest absolute Gasteiger partial charge is 0.444 e. The molecule has 0 saturated carbocycles. The zero-order chi connectivity index (χ0) is 23.1. The predicted octanol–water partition coefficient (Wildman–Crippen LogP) is 3.36. The van der Waals surface area contributed by atoms with Crippen LogP contribution in [-0.4, -0.2) is 60.5 Å². The molecule has 0 radical (unpaired) electrons. The van der Waals surface area contributed by atoms with Gasteiger partial charge in [-0.3, -0.25) is 0 Å². The van der Waals surface area contributed by atoms with E-state index < -0.39 is 50.4 Å². The molecule has 2 heterocycles. The summed E-state index contributed by atoms with van der Waals surface area (Å²) in [6.07, 6.45) is -11.3. The molecule has 7 nitrogen and oxygen atoms in total. The molecule has 1 saturated heterocycles. The van der Waals surface area contributed by atoms with Gasteiger partial charge in [0.1, 0.15) is 16.2 Å². The predicted molar refractivity (Wildman–Crippen MR) is 90.8 cm³/mol. The number of halogens is 6. The number of hydrogen-bond acceptors (Lipinski definition) is 5. The maximum absolute atomic E-state index is 13.3. The smallest absolute Gasteiger partial charge is 0.434 e. The van der Waals surface area contributed by atoms with Crippen molar-refractivity contribution in [1.29, 1.82) is 0 Å². The van der Waals surface area contributed by atoms with Gasteiger partial charge in [-0.2, -0.15) is 30.6 Å². The third-order valence-electron chi connectivity index (χ3n) is 3.93. The molecule has 0 spiro atoms. The number of piperazine rings is 1. The van der Waals surface area contributed by atoms with E-state index in [0.717, 1.165) is 0 Å². The first-order valence-electron chi connectivity index (χ1n) is 8.56. The highest BCUT2D eigenvalue weighted by Crippen LogP contribution is 2.37. The fraction of sp³-hybridized carbons (Fsp3) is 0.625. The Balaban J connectivity index is 2.29. The van der Waals surface area contributed by atoms with Gasteiger partial charge in [0.05, 0.1) is 0 Å². The van der Waals surface area contributed by atoms with Crippen molar-refractivity contribution in [3.8, 4) is 0 Å². The number of pyridine rings is 1. The first-order valence-corrected chi connectivity index (χ1v) is 10.0. The minimum Gasteiger partial charge on any atom is -0.444 e. The summed E-state index contributed by atoms with van der Waals surface area (Å²) in [6, 6.07) is 0.424. The van der Waals surface area contributed by atoms with Crippen LogP contribution in [0.4, 0.5) is 31.1 Å². The lowest BCUT2D eigenvalue weighted by molar-refractivity contribution is -0.151. The number of alkyl halides is 6. The van der Waals surface area contributed by atoms with Crippen LogP contribution in [0.15, 0.2) is 17.0 Å².